The molecule has 2 aromatic rings. The van der Waals surface area contributed by atoms with E-state index in [2.05, 4.69) is 34.0 Å². The number of nitrogens with one attached hydrogen (secondary N) is 1. The Morgan fingerprint density at radius 1 is 1.12 bits per heavy atom. The van der Waals surface area contributed by atoms with Gasteiger partial charge in [-0.2, -0.15) is 0 Å². The maximum Gasteiger partial charge on any atom is 0.254 e. The van der Waals surface area contributed by atoms with Crippen LogP contribution in [0.4, 0.5) is 0 Å². The van der Waals surface area contributed by atoms with Gasteiger partial charge in [0.05, 0.1) is 5.56 Å². The minimum Gasteiger partial charge on any atom is -0.351 e. The van der Waals surface area contributed by atoms with Crippen molar-refractivity contribution in [1.29, 1.82) is 0 Å². The van der Waals surface area contributed by atoms with E-state index >= 15 is 0 Å². The third-order valence-electron chi connectivity index (χ3n) is 4.60. The Bertz CT molecular complexity index is 677. The van der Waals surface area contributed by atoms with Crippen LogP contribution in [0.25, 0.3) is 11.4 Å². The first kappa shape index (κ1) is 17.5. The number of hydrogen-bond acceptors (Lipinski definition) is 4. The average molecular weight is 338 g/mol. The number of carbonyl (C=O) groups is 1. The standard InChI is InChI=1S/C20H26N4O/c1-15-10-16(2)14-24(13-15)9-8-21-20(25)18-11-22-19(23-12-18)17-6-4-3-5-7-17/h3-7,11-12,15-16H,8-10,13-14H2,1-2H3,(H,21,25)/t15-,16-/m0/s1. The fraction of sp³-hybridized carbons (Fsp3) is 0.450. The summed E-state index contributed by atoms with van der Waals surface area (Å²) < 4.78 is 0. The number of likely N-dealkylation sites (tertiary alicyclic amines) is 1. The summed E-state index contributed by atoms with van der Waals surface area (Å²) in [4.78, 5) is 23.3. The number of benzene rings is 1. The van der Waals surface area contributed by atoms with Gasteiger partial charge in [0.1, 0.15) is 0 Å². The summed E-state index contributed by atoms with van der Waals surface area (Å²) in [6.45, 7) is 8.38. The van der Waals surface area contributed by atoms with Crippen LogP contribution in [0.5, 0.6) is 0 Å². The molecule has 2 heterocycles. The van der Waals surface area contributed by atoms with E-state index in [9.17, 15) is 4.79 Å². The second-order valence-electron chi connectivity index (χ2n) is 7.12. The summed E-state index contributed by atoms with van der Waals surface area (Å²) in [5, 5.41) is 2.97. The highest BCUT2D eigenvalue weighted by Gasteiger charge is 2.21. The van der Waals surface area contributed by atoms with E-state index in [1.165, 1.54) is 6.42 Å². The lowest BCUT2D eigenvalue weighted by Gasteiger charge is -2.34. The Hall–Kier alpha value is -2.27. The van der Waals surface area contributed by atoms with Crippen LogP contribution < -0.4 is 5.32 Å². The molecule has 0 saturated carbocycles. The predicted octanol–water partition coefficient (Wildman–Crippen LogP) is 2.85. The molecule has 0 radical (unpaired) electrons. The van der Waals surface area contributed by atoms with E-state index in [4.69, 9.17) is 0 Å². The van der Waals surface area contributed by atoms with Crippen LogP contribution in [0, 0.1) is 11.8 Å². The lowest BCUT2D eigenvalue weighted by Crippen LogP contribution is -2.42. The highest BCUT2D eigenvalue weighted by Crippen LogP contribution is 2.20. The molecule has 2 atom stereocenters. The molecule has 1 aromatic heterocycles. The van der Waals surface area contributed by atoms with Gasteiger partial charge in [0.15, 0.2) is 5.82 Å². The molecule has 132 valence electrons. The quantitative estimate of drug-likeness (QED) is 0.911. The molecular formula is C20H26N4O. The molecule has 1 amide bonds. The molecule has 5 heteroatoms. The van der Waals surface area contributed by atoms with Crippen LogP contribution >= 0.6 is 0 Å². The molecule has 5 nitrogen and oxygen atoms in total. The van der Waals surface area contributed by atoms with Crippen molar-refractivity contribution in [3.8, 4) is 11.4 Å². The first-order valence-electron chi connectivity index (χ1n) is 9.00. The number of amides is 1. The van der Waals surface area contributed by atoms with Gasteiger partial charge in [-0.15, -0.1) is 0 Å². The predicted molar refractivity (Wildman–Crippen MR) is 99.2 cm³/mol. The third kappa shape index (κ3) is 4.86. The lowest BCUT2D eigenvalue weighted by atomic mass is 9.92. The number of carbonyl (C=O) groups excluding carboxylic acids is 1. The zero-order valence-corrected chi connectivity index (χ0v) is 15.0. The molecule has 1 aliphatic heterocycles. The first-order chi connectivity index (χ1) is 12.1. The van der Waals surface area contributed by atoms with E-state index in [1.807, 2.05) is 30.3 Å². The van der Waals surface area contributed by atoms with Gasteiger partial charge in [0, 0.05) is 44.1 Å². The van der Waals surface area contributed by atoms with Crippen molar-refractivity contribution >= 4 is 5.91 Å². The minimum atomic E-state index is -0.113. The Kier molecular flexibility index (Phi) is 5.76. The second kappa shape index (κ2) is 8.21. The van der Waals surface area contributed by atoms with E-state index in [0.717, 1.165) is 37.0 Å². The van der Waals surface area contributed by atoms with E-state index < -0.39 is 0 Å². The van der Waals surface area contributed by atoms with E-state index in [0.29, 0.717) is 17.9 Å². The third-order valence-corrected chi connectivity index (χ3v) is 4.60. The van der Waals surface area contributed by atoms with Crippen molar-refractivity contribution < 1.29 is 4.79 Å². The Morgan fingerprint density at radius 3 is 2.40 bits per heavy atom. The van der Waals surface area contributed by atoms with Gasteiger partial charge >= 0.3 is 0 Å². The van der Waals surface area contributed by atoms with Crippen LogP contribution in [0.3, 0.4) is 0 Å². The number of hydrogen-bond donors (Lipinski definition) is 1. The molecule has 1 saturated heterocycles. The van der Waals surface area contributed by atoms with Gasteiger partial charge in [-0.3, -0.25) is 4.79 Å². The Labute approximate surface area is 149 Å². The van der Waals surface area contributed by atoms with Crippen molar-refractivity contribution in [3.63, 3.8) is 0 Å². The molecule has 1 aliphatic rings. The molecule has 0 spiro atoms. The lowest BCUT2D eigenvalue weighted by molar-refractivity contribution is 0.0936. The maximum absolute atomic E-state index is 12.3. The van der Waals surface area contributed by atoms with Gasteiger partial charge in [0.2, 0.25) is 0 Å². The molecule has 1 N–H and O–H groups in total. The summed E-state index contributed by atoms with van der Waals surface area (Å²) in [5.74, 6) is 1.99. The van der Waals surface area contributed by atoms with Gasteiger partial charge in [-0.05, 0) is 18.3 Å². The van der Waals surface area contributed by atoms with E-state index in [-0.39, 0.29) is 5.91 Å². The van der Waals surface area contributed by atoms with Crippen LogP contribution in [0.2, 0.25) is 0 Å². The molecular weight excluding hydrogens is 312 g/mol. The average Bonchev–Trinajstić information content (AvgIpc) is 2.62. The number of aromatic nitrogens is 2. The van der Waals surface area contributed by atoms with E-state index in [1.54, 1.807) is 12.4 Å². The molecule has 25 heavy (non-hydrogen) atoms. The van der Waals surface area contributed by atoms with Gasteiger partial charge in [-0.1, -0.05) is 44.2 Å². The molecule has 3 rings (SSSR count). The Balaban J connectivity index is 1.50. The minimum absolute atomic E-state index is 0.113. The number of rotatable bonds is 5. The normalized spacial score (nSPS) is 21.0. The van der Waals surface area contributed by atoms with Crippen molar-refractivity contribution in [3.05, 3.63) is 48.3 Å². The maximum atomic E-state index is 12.3. The molecule has 0 aliphatic carbocycles. The Morgan fingerprint density at radius 2 is 1.76 bits per heavy atom. The van der Waals surface area contributed by atoms with Crippen LogP contribution in [-0.4, -0.2) is 47.0 Å². The number of nitrogens with zero attached hydrogens (tertiary/aromatic N) is 3. The first-order valence-corrected chi connectivity index (χ1v) is 9.00. The van der Waals surface area contributed by atoms with Crippen molar-refractivity contribution in [1.82, 2.24) is 20.2 Å². The van der Waals surface area contributed by atoms with Crippen LogP contribution in [0.1, 0.15) is 30.6 Å². The summed E-state index contributed by atoms with van der Waals surface area (Å²) in [6.07, 6.45) is 4.49. The number of piperidine rings is 1. The van der Waals surface area contributed by atoms with Crippen molar-refractivity contribution in [2.24, 2.45) is 11.8 Å². The van der Waals surface area contributed by atoms with Gasteiger partial charge in [0.25, 0.3) is 5.91 Å². The summed E-state index contributed by atoms with van der Waals surface area (Å²) in [5.41, 5.74) is 1.45. The van der Waals surface area contributed by atoms with Gasteiger partial charge in [-0.25, -0.2) is 9.97 Å². The van der Waals surface area contributed by atoms with Crippen molar-refractivity contribution in [2.75, 3.05) is 26.2 Å². The largest absolute Gasteiger partial charge is 0.351 e. The monoisotopic (exact) mass is 338 g/mol. The molecule has 0 bridgehead atoms. The topological polar surface area (TPSA) is 58.1 Å². The van der Waals surface area contributed by atoms with Crippen LogP contribution in [-0.2, 0) is 0 Å². The zero-order chi connectivity index (χ0) is 17.6. The second-order valence-corrected chi connectivity index (χ2v) is 7.12. The fourth-order valence-corrected chi connectivity index (χ4v) is 3.59. The SMILES string of the molecule is C[C@H]1C[C@H](C)CN(CCNC(=O)c2cnc(-c3ccccc3)nc2)C1. The molecule has 1 aromatic carbocycles. The summed E-state index contributed by atoms with van der Waals surface area (Å²) in [6, 6.07) is 9.75. The molecule has 0 unspecified atom stereocenters. The molecule has 1 fully saturated rings. The van der Waals surface area contributed by atoms with Crippen LogP contribution in [0.15, 0.2) is 42.7 Å². The highest BCUT2D eigenvalue weighted by atomic mass is 16.1. The van der Waals surface area contributed by atoms with Crippen molar-refractivity contribution in [2.45, 2.75) is 20.3 Å². The van der Waals surface area contributed by atoms with Gasteiger partial charge < -0.3 is 10.2 Å². The fourth-order valence-electron chi connectivity index (χ4n) is 3.59. The summed E-state index contributed by atoms with van der Waals surface area (Å²) >= 11 is 0. The smallest absolute Gasteiger partial charge is 0.254 e. The highest BCUT2D eigenvalue weighted by molar-refractivity contribution is 5.93. The zero-order valence-electron chi connectivity index (χ0n) is 15.0. The summed E-state index contributed by atoms with van der Waals surface area (Å²) in [7, 11) is 0.